The second-order valence-corrected chi connectivity index (χ2v) is 5.45. The van der Waals surface area contributed by atoms with Crippen LogP contribution in [0.1, 0.15) is 17.7 Å². The van der Waals surface area contributed by atoms with Gasteiger partial charge in [-0.2, -0.15) is 5.10 Å². The SMILES string of the molecule is Cn1nc(CCC(=O)NCCc2ccc(Cl)cc2)ccc1=O. The van der Waals surface area contributed by atoms with E-state index in [0.29, 0.717) is 24.4 Å². The number of rotatable bonds is 6. The van der Waals surface area contributed by atoms with Gasteiger partial charge >= 0.3 is 0 Å². The first kappa shape index (κ1) is 16.2. The molecule has 0 aliphatic rings. The number of aryl methyl sites for hydroxylation is 2. The van der Waals surface area contributed by atoms with Crippen LogP contribution in [0, 0.1) is 0 Å². The number of nitrogens with one attached hydrogen (secondary N) is 1. The third kappa shape index (κ3) is 5.00. The van der Waals surface area contributed by atoms with Gasteiger partial charge in [-0.05, 0) is 30.2 Å². The summed E-state index contributed by atoms with van der Waals surface area (Å²) in [4.78, 5) is 23.0. The van der Waals surface area contributed by atoms with Crippen molar-refractivity contribution in [3.63, 3.8) is 0 Å². The summed E-state index contributed by atoms with van der Waals surface area (Å²) in [5.74, 6) is -0.0235. The summed E-state index contributed by atoms with van der Waals surface area (Å²) in [6, 6.07) is 10.7. The lowest BCUT2D eigenvalue weighted by atomic mass is 10.1. The van der Waals surface area contributed by atoms with E-state index in [-0.39, 0.29) is 11.5 Å². The summed E-state index contributed by atoms with van der Waals surface area (Å²) in [5, 5.41) is 7.67. The third-order valence-corrected chi connectivity index (χ3v) is 3.52. The quantitative estimate of drug-likeness (QED) is 0.882. The van der Waals surface area contributed by atoms with Crippen LogP contribution in [0.2, 0.25) is 5.02 Å². The highest BCUT2D eigenvalue weighted by Gasteiger charge is 2.04. The van der Waals surface area contributed by atoms with Crippen molar-refractivity contribution in [2.75, 3.05) is 6.54 Å². The van der Waals surface area contributed by atoms with Gasteiger partial charge in [0.1, 0.15) is 0 Å². The minimum absolute atomic E-state index is 0.0235. The zero-order valence-electron chi connectivity index (χ0n) is 12.4. The maximum absolute atomic E-state index is 11.8. The van der Waals surface area contributed by atoms with Crippen molar-refractivity contribution in [2.45, 2.75) is 19.3 Å². The van der Waals surface area contributed by atoms with E-state index in [1.807, 2.05) is 24.3 Å². The molecule has 5 nitrogen and oxygen atoms in total. The Kier molecular flexibility index (Phi) is 5.72. The third-order valence-electron chi connectivity index (χ3n) is 3.27. The molecule has 116 valence electrons. The van der Waals surface area contributed by atoms with Crippen LogP contribution in [0.5, 0.6) is 0 Å². The van der Waals surface area contributed by atoms with Crippen LogP contribution in [0.3, 0.4) is 0 Å². The van der Waals surface area contributed by atoms with Gasteiger partial charge in [-0.25, -0.2) is 4.68 Å². The van der Waals surface area contributed by atoms with Gasteiger partial charge in [0.25, 0.3) is 5.56 Å². The maximum Gasteiger partial charge on any atom is 0.266 e. The molecule has 1 N–H and O–H groups in total. The van der Waals surface area contributed by atoms with Gasteiger partial charge in [-0.1, -0.05) is 23.7 Å². The molecule has 2 rings (SSSR count). The van der Waals surface area contributed by atoms with Crippen molar-refractivity contribution in [2.24, 2.45) is 7.05 Å². The summed E-state index contributed by atoms with van der Waals surface area (Å²) in [5.41, 5.74) is 1.70. The Balaban J connectivity index is 1.72. The van der Waals surface area contributed by atoms with Gasteiger partial charge in [0, 0.05) is 37.5 Å². The minimum Gasteiger partial charge on any atom is -0.356 e. The van der Waals surface area contributed by atoms with Crippen LogP contribution >= 0.6 is 11.6 Å². The van der Waals surface area contributed by atoms with Crippen molar-refractivity contribution in [1.29, 1.82) is 0 Å². The molecule has 6 heteroatoms. The van der Waals surface area contributed by atoms with Gasteiger partial charge in [-0.15, -0.1) is 0 Å². The first-order valence-corrected chi connectivity index (χ1v) is 7.47. The number of halogens is 1. The van der Waals surface area contributed by atoms with Crippen molar-refractivity contribution >= 4 is 17.5 Å². The minimum atomic E-state index is -0.156. The van der Waals surface area contributed by atoms with Crippen LogP contribution < -0.4 is 10.9 Å². The van der Waals surface area contributed by atoms with E-state index in [0.717, 1.165) is 17.7 Å². The summed E-state index contributed by atoms with van der Waals surface area (Å²) >= 11 is 5.82. The second-order valence-electron chi connectivity index (χ2n) is 5.01. The van der Waals surface area contributed by atoms with Crippen LogP contribution in [-0.2, 0) is 24.7 Å². The van der Waals surface area contributed by atoms with Crippen LogP contribution in [0.25, 0.3) is 0 Å². The molecule has 0 aliphatic carbocycles. The number of hydrogen-bond donors (Lipinski definition) is 1. The monoisotopic (exact) mass is 319 g/mol. The first-order chi connectivity index (χ1) is 10.5. The number of benzene rings is 1. The summed E-state index contributed by atoms with van der Waals surface area (Å²) in [7, 11) is 1.60. The number of carbonyl (C=O) groups is 1. The lowest BCUT2D eigenvalue weighted by Crippen LogP contribution is -2.26. The lowest BCUT2D eigenvalue weighted by Gasteiger charge is -2.06. The topological polar surface area (TPSA) is 64.0 Å². The molecule has 0 fully saturated rings. The Hall–Kier alpha value is -2.14. The molecular weight excluding hydrogens is 302 g/mol. The van der Waals surface area contributed by atoms with Crippen molar-refractivity contribution < 1.29 is 4.79 Å². The highest BCUT2D eigenvalue weighted by Crippen LogP contribution is 2.09. The molecule has 0 atom stereocenters. The van der Waals surface area contributed by atoms with Crippen molar-refractivity contribution in [3.8, 4) is 0 Å². The van der Waals surface area contributed by atoms with Crippen molar-refractivity contribution in [3.05, 3.63) is 63.0 Å². The zero-order chi connectivity index (χ0) is 15.9. The van der Waals surface area contributed by atoms with E-state index >= 15 is 0 Å². The Morgan fingerprint density at radius 1 is 1.18 bits per heavy atom. The lowest BCUT2D eigenvalue weighted by molar-refractivity contribution is -0.121. The number of hydrogen-bond acceptors (Lipinski definition) is 3. The van der Waals surface area contributed by atoms with E-state index in [2.05, 4.69) is 10.4 Å². The van der Waals surface area contributed by atoms with Crippen LogP contribution in [0.15, 0.2) is 41.2 Å². The molecule has 0 spiro atoms. The van der Waals surface area contributed by atoms with Crippen LogP contribution in [0.4, 0.5) is 0 Å². The predicted molar refractivity (Wildman–Crippen MR) is 86.0 cm³/mol. The number of amides is 1. The molecule has 1 aromatic carbocycles. The standard InChI is InChI=1S/C16H18ClN3O2/c1-20-16(22)9-7-14(19-20)6-8-15(21)18-11-10-12-2-4-13(17)5-3-12/h2-5,7,9H,6,8,10-11H2,1H3,(H,18,21). The molecular formula is C16H18ClN3O2. The summed E-state index contributed by atoms with van der Waals surface area (Å²) < 4.78 is 1.27. The molecule has 0 radical (unpaired) electrons. The predicted octanol–water partition coefficient (Wildman–Crippen LogP) is 1.73. The maximum atomic E-state index is 11.8. The fourth-order valence-electron chi connectivity index (χ4n) is 2.01. The van der Waals surface area contributed by atoms with E-state index in [1.54, 1.807) is 13.1 Å². The zero-order valence-corrected chi connectivity index (χ0v) is 13.1. The average molecular weight is 320 g/mol. The van der Waals surface area contributed by atoms with Gasteiger partial charge in [0.2, 0.25) is 5.91 Å². The molecule has 0 saturated heterocycles. The van der Waals surface area contributed by atoms with E-state index in [4.69, 9.17) is 11.6 Å². The highest BCUT2D eigenvalue weighted by atomic mass is 35.5. The molecule has 1 amide bonds. The van der Waals surface area contributed by atoms with Gasteiger partial charge in [0.05, 0.1) is 5.69 Å². The summed E-state index contributed by atoms with van der Waals surface area (Å²) in [6.45, 7) is 0.584. The number of nitrogens with zero attached hydrogens (tertiary/aromatic N) is 2. The highest BCUT2D eigenvalue weighted by molar-refractivity contribution is 6.30. The van der Waals surface area contributed by atoms with Gasteiger partial charge in [-0.3, -0.25) is 9.59 Å². The fraction of sp³-hybridized carbons (Fsp3) is 0.312. The van der Waals surface area contributed by atoms with E-state index in [1.165, 1.54) is 10.7 Å². The molecule has 1 aromatic heterocycles. The first-order valence-electron chi connectivity index (χ1n) is 7.09. The molecule has 2 aromatic rings. The second kappa shape index (κ2) is 7.75. The molecule has 0 unspecified atom stereocenters. The molecule has 0 bridgehead atoms. The number of aromatic nitrogens is 2. The molecule has 0 aliphatic heterocycles. The molecule has 0 saturated carbocycles. The van der Waals surface area contributed by atoms with Crippen molar-refractivity contribution in [1.82, 2.24) is 15.1 Å². The van der Waals surface area contributed by atoms with E-state index < -0.39 is 0 Å². The Morgan fingerprint density at radius 2 is 1.91 bits per heavy atom. The average Bonchev–Trinajstić information content (AvgIpc) is 2.50. The molecule has 22 heavy (non-hydrogen) atoms. The molecule has 1 heterocycles. The van der Waals surface area contributed by atoms with Gasteiger partial charge < -0.3 is 5.32 Å². The largest absolute Gasteiger partial charge is 0.356 e. The Labute approximate surface area is 133 Å². The smallest absolute Gasteiger partial charge is 0.266 e. The number of carbonyl (C=O) groups excluding carboxylic acids is 1. The summed E-state index contributed by atoms with van der Waals surface area (Å²) in [6.07, 6.45) is 1.63. The Morgan fingerprint density at radius 3 is 2.59 bits per heavy atom. The fourth-order valence-corrected chi connectivity index (χ4v) is 2.14. The Bertz CT molecular complexity index is 695. The van der Waals surface area contributed by atoms with Gasteiger partial charge in [0.15, 0.2) is 0 Å². The van der Waals surface area contributed by atoms with E-state index in [9.17, 15) is 9.59 Å². The normalized spacial score (nSPS) is 10.5. The van der Waals surface area contributed by atoms with Crippen LogP contribution in [-0.4, -0.2) is 22.2 Å².